The van der Waals surface area contributed by atoms with Gasteiger partial charge >= 0.3 is 0 Å². The molecule has 21 heavy (non-hydrogen) atoms. The highest BCUT2D eigenvalue weighted by atomic mass is 35.5. The van der Waals surface area contributed by atoms with E-state index in [-0.39, 0.29) is 24.4 Å². The van der Waals surface area contributed by atoms with Crippen LogP contribution in [0.5, 0.6) is 0 Å². The Labute approximate surface area is 137 Å². The number of thioether (sulfide) groups is 1. The lowest BCUT2D eigenvalue weighted by Crippen LogP contribution is -2.40. The van der Waals surface area contributed by atoms with Crippen molar-refractivity contribution in [3.63, 3.8) is 0 Å². The molecule has 0 aliphatic heterocycles. The van der Waals surface area contributed by atoms with Crippen LogP contribution >= 0.6 is 24.2 Å². The molecule has 2 rings (SSSR count). The first-order chi connectivity index (χ1) is 9.54. The number of benzene rings is 1. The maximum Gasteiger partial charge on any atom is 0.251 e. The number of halogens is 1. The molecule has 1 fully saturated rings. The third-order valence-corrected chi connectivity index (χ3v) is 4.61. The summed E-state index contributed by atoms with van der Waals surface area (Å²) in [4.78, 5) is 13.4. The van der Waals surface area contributed by atoms with Crippen LogP contribution in [0.1, 0.15) is 49.9 Å². The van der Waals surface area contributed by atoms with Crippen molar-refractivity contribution < 1.29 is 4.79 Å². The summed E-state index contributed by atoms with van der Waals surface area (Å²) in [6.45, 7) is 4.33. The Bertz CT molecular complexity index is 442. The van der Waals surface area contributed by atoms with Crippen molar-refractivity contribution in [1.82, 2.24) is 5.32 Å². The van der Waals surface area contributed by atoms with Gasteiger partial charge in [-0.2, -0.15) is 0 Å². The van der Waals surface area contributed by atoms with E-state index in [1.807, 2.05) is 36.0 Å². The minimum absolute atomic E-state index is 0. The van der Waals surface area contributed by atoms with Gasteiger partial charge in [0.15, 0.2) is 0 Å². The molecule has 1 aromatic carbocycles. The largest absolute Gasteiger partial charge is 0.349 e. The van der Waals surface area contributed by atoms with Gasteiger partial charge in [0.2, 0.25) is 0 Å². The van der Waals surface area contributed by atoms with Crippen molar-refractivity contribution in [2.24, 2.45) is 5.73 Å². The monoisotopic (exact) mass is 328 g/mol. The van der Waals surface area contributed by atoms with Crippen molar-refractivity contribution in [3.8, 4) is 0 Å². The molecule has 0 radical (unpaired) electrons. The predicted molar refractivity (Wildman–Crippen MR) is 92.4 cm³/mol. The molecule has 1 amide bonds. The molecule has 1 aliphatic carbocycles. The number of nitrogens with one attached hydrogen (secondary N) is 1. The minimum atomic E-state index is 0. The number of hydrogen-bond acceptors (Lipinski definition) is 3. The number of rotatable bonds is 4. The van der Waals surface area contributed by atoms with Gasteiger partial charge in [0.1, 0.15) is 0 Å². The zero-order valence-corrected chi connectivity index (χ0v) is 14.3. The molecule has 1 saturated carbocycles. The molecular weight excluding hydrogens is 304 g/mol. The van der Waals surface area contributed by atoms with Crippen molar-refractivity contribution in [3.05, 3.63) is 29.8 Å². The van der Waals surface area contributed by atoms with E-state index in [4.69, 9.17) is 5.73 Å². The Morgan fingerprint density at radius 3 is 2.29 bits per heavy atom. The van der Waals surface area contributed by atoms with Crippen LogP contribution in [0.2, 0.25) is 0 Å². The summed E-state index contributed by atoms with van der Waals surface area (Å²) < 4.78 is 0. The molecule has 0 unspecified atom stereocenters. The topological polar surface area (TPSA) is 55.1 Å². The van der Waals surface area contributed by atoms with E-state index in [9.17, 15) is 4.79 Å². The number of nitrogens with two attached hydrogens (primary N) is 1. The lowest BCUT2D eigenvalue weighted by molar-refractivity contribution is 0.0926. The maximum absolute atomic E-state index is 12.2. The van der Waals surface area contributed by atoms with Crippen molar-refractivity contribution in [2.75, 3.05) is 0 Å². The Morgan fingerprint density at radius 1 is 1.19 bits per heavy atom. The highest BCUT2D eigenvalue weighted by molar-refractivity contribution is 7.99. The number of carbonyl (C=O) groups excluding carboxylic acids is 1. The van der Waals surface area contributed by atoms with Gasteiger partial charge < -0.3 is 11.1 Å². The molecule has 1 aromatic rings. The zero-order chi connectivity index (χ0) is 14.5. The van der Waals surface area contributed by atoms with Crippen LogP contribution in [0.3, 0.4) is 0 Å². The van der Waals surface area contributed by atoms with E-state index < -0.39 is 0 Å². The van der Waals surface area contributed by atoms with Crippen LogP contribution in [0.15, 0.2) is 29.2 Å². The summed E-state index contributed by atoms with van der Waals surface area (Å²) >= 11 is 1.81. The summed E-state index contributed by atoms with van der Waals surface area (Å²) in [7, 11) is 0. The van der Waals surface area contributed by atoms with Crippen molar-refractivity contribution >= 4 is 30.1 Å². The fourth-order valence-electron chi connectivity index (χ4n) is 2.49. The second kappa shape index (κ2) is 8.66. The summed E-state index contributed by atoms with van der Waals surface area (Å²) in [5.41, 5.74) is 6.62. The van der Waals surface area contributed by atoms with Gasteiger partial charge in [-0.05, 0) is 49.9 Å². The van der Waals surface area contributed by atoms with Crippen LogP contribution in [0, 0.1) is 0 Å². The fraction of sp³-hybridized carbons (Fsp3) is 0.562. The molecule has 0 spiro atoms. The van der Waals surface area contributed by atoms with Gasteiger partial charge in [-0.15, -0.1) is 24.2 Å². The Morgan fingerprint density at radius 2 is 1.76 bits per heavy atom. The number of carbonyl (C=O) groups is 1. The van der Waals surface area contributed by atoms with Crippen LogP contribution in [-0.4, -0.2) is 23.2 Å². The average molecular weight is 329 g/mol. The summed E-state index contributed by atoms with van der Waals surface area (Å²) in [6, 6.07) is 8.47. The Balaban J connectivity index is 0.00000220. The van der Waals surface area contributed by atoms with Gasteiger partial charge in [-0.1, -0.05) is 13.8 Å². The van der Waals surface area contributed by atoms with Crippen molar-refractivity contribution in [1.29, 1.82) is 0 Å². The molecule has 0 heterocycles. The van der Waals surface area contributed by atoms with Gasteiger partial charge in [-0.3, -0.25) is 4.79 Å². The summed E-state index contributed by atoms with van der Waals surface area (Å²) in [5.74, 6) is 0.0339. The van der Waals surface area contributed by atoms with Crippen LogP contribution in [0.25, 0.3) is 0 Å². The van der Waals surface area contributed by atoms with Crippen molar-refractivity contribution in [2.45, 2.75) is 61.8 Å². The van der Waals surface area contributed by atoms with Crippen LogP contribution < -0.4 is 11.1 Å². The third kappa shape index (κ3) is 5.89. The highest BCUT2D eigenvalue weighted by Crippen LogP contribution is 2.23. The van der Waals surface area contributed by atoms with E-state index in [0.717, 1.165) is 31.2 Å². The fourth-order valence-corrected chi connectivity index (χ4v) is 3.33. The quantitative estimate of drug-likeness (QED) is 0.830. The summed E-state index contributed by atoms with van der Waals surface area (Å²) in [5, 5.41) is 3.67. The minimum Gasteiger partial charge on any atom is -0.349 e. The van der Waals surface area contributed by atoms with Gasteiger partial charge in [0.25, 0.3) is 5.91 Å². The van der Waals surface area contributed by atoms with E-state index in [2.05, 4.69) is 19.2 Å². The zero-order valence-electron chi connectivity index (χ0n) is 12.7. The van der Waals surface area contributed by atoms with Gasteiger partial charge in [0.05, 0.1) is 0 Å². The highest BCUT2D eigenvalue weighted by Gasteiger charge is 2.20. The lowest BCUT2D eigenvalue weighted by Gasteiger charge is -2.26. The first-order valence-electron chi connectivity index (χ1n) is 7.38. The molecule has 1 aliphatic rings. The Kier molecular flexibility index (Phi) is 7.57. The third-order valence-electron chi connectivity index (χ3n) is 3.60. The lowest BCUT2D eigenvalue weighted by atomic mass is 9.91. The molecule has 0 aromatic heterocycles. The van der Waals surface area contributed by atoms with Gasteiger partial charge in [-0.25, -0.2) is 0 Å². The normalized spacial score (nSPS) is 21.7. The van der Waals surface area contributed by atoms with E-state index in [0.29, 0.717) is 11.3 Å². The molecule has 0 bridgehead atoms. The molecule has 5 heteroatoms. The van der Waals surface area contributed by atoms with E-state index in [1.54, 1.807) is 0 Å². The number of amides is 1. The van der Waals surface area contributed by atoms with Crippen LogP contribution in [0.4, 0.5) is 0 Å². The molecule has 0 atom stereocenters. The predicted octanol–water partition coefficient (Wildman–Crippen LogP) is 3.61. The van der Waals surface area contributed by atoms with E-state index in [1.165, 1.54) is 4.90 Å². The Hall–Kier alpha value is -0.710. The first kappa shape index (κ1) is 18.3. The second-order valence-electron chi connectivity index (χ2n) is 5.78. The standard InChI is InChI=1S/C16H24N2OS.ClH/c1-11(2)20-15-9-3-12(4-10-15)16(19)18-14-7-5-13(17)6-8-14;/h3-4,9-11,13-14H,5-8,17H2,1-2H3,(H,18,19);1H. The molecule has 3 N–H and O–H groups in total. The van der Waals surface area contributed by atoms with Crippen LogP contribution in [-0.2, 0) is 0 Å². The molecular formula is C16H25ClN2OS. The van der Waals surface area contributed by atoms with E-state index >= 15 is 0 Å². The SMILES string of the molecule is CC(C)Sc1ccc(C(=O)NC2CCC(N)CC2)cc1.Cl. The smallest absolute Gasteiger partial charge is 0.251 e. The second-order valence-corrected chi connectivity index (χ2v) is 7.43. The average Bonchev–Trinajstić information content (AvgIpc) is 2.41. The summed E-state index contributed by atoms with van der Waals surface area (Å²) in [6.07, 6.45) is 4.01. The van der Waals surface area contributed by atoms with Gasteiger partial charge in [0, 0.05) is 27.8 Å². The molecule has 0 saturated heterocycles. The molecule has 118 valence electrons. The first-order valence-corrected chi connectivity index (χ1v) is 8.25. The maximum atomic E-state index is 12.2. The number of hydrogen-bond donors (Lipinski definition) is 2. The molecule has 3 nitrogen and oxygen atoms in total.